The standard InChI is InChI=1S/C28H29NO5/c1-3-33-28(32)27(31)29-24-16-18(2)26(23-11-7-10-22(23)24)34-21-14-15-25(30)20(17-21)13-12-19-8-5-4-6-9-19/h4-6,8-9,14-17,30H,3,7,10-13H2,1-2H3,(H,29,31). The van der Waals surface area contributed by atoms with Crippen molar-refractivity contribution in [3.8, 4) is 17.2 Å². The minimum absolute atomic E-state index is 0.149. The van der Waals surface area contributed by atoms with Crippen LogP contribution in [-0.4, -0.2) is 23.6 Å². The van der Waals surface area contributed by atoms with Gasteiger partial charge >= 0.3 is 11.9 Å². The summed E-state index contributed by atoms with van der Waals surface area (Å²) < 4.78 is 11.1. The van der Waals surface area contributed by atoms with Gasteiger partial charge in [0.15, 0.2) is 0 Å². The summed E-state index contributed by atoms with van der Waals surface area (Å²) in [7, 11) is 0. The van der Waals surface area contributed by atoms with E-state index in [4.69, 9.17) is 9.47 Å². The average molecular weight is 460 g/mol. The highest BCUT2D eigenvalue weighted by atomic mass is 16.5. The van der Waals surface area contributed by atoms with Gasteiger partial charge in [0.1, 0.15) is 17.2 Å². The molecule has 34 heavy (non-hydrogen) atoms. The number of fused-ring (bicyclic) bond motifs is 1. The third kappa shape index (κ3) is 5.22. The largest absolute Gasteiger partial charge is 0.508 e. The lowest BCUT2D eigenvalue weighted by atomic mass is 10.0. The third-order valence-electron chi connectivity index (χ3n) is 6.04. The van der Waals surface area contributed by atoms with E-state index in [-0.39, 0.29) is 12.4 Å². The first-order valence-corrected chi connectivity index (χ1v) is 11.6. The third-order valence-corrected chi connectivity index (χ3v) is 6.04. The molecule has 176 valence electrons. The van der Waals surface area contributed by atoms with Crippen molar-refractivity contribution in [1.82, 2.24) is 0 Å². The Morgan fingerprint density at radius 1 is 1.00 bits per heavy atom. The number of aromatic hydroxyl groups is 1. The van der Waals surface area contributed by atoms with Gasteiger partial charge in [-0.2, -0.15) is 0 Å². The van der Waals surface area contributed by atoms with Crippen molar-refractivity contribution in [3.63, 3.8) is 0 Å². The van der Waals surface area contributed by atoms with Crippen LogP contribution in [0.3, 0.4) is 0 Å². The van der Waals surface area contributed by atoms with Gasteiger partial charge < -0.3 is 19.9 Å². The van der Waals surface area contributed by atoms with Crippen molar-refractivity contribution < 1.29 is 24.2 Å². The number of esters is 1. The number of aryl methyl sites for hydroxylation is 3. The smallest absolute Gasteiger partial charge is 0.397 e. The fraction of sp³-hybridized carbons (Fsp3) is 0.286. The maximum absolute atomic E-state index is 12.2. The zero-order valence-corrected chi connectivity index (χ0v) is 19.5. The molecule has 6 heteroatoms. The molecule has 0 aromatic heterocycles. The van der Waals surface area contributed by atoms with E-state index in [0.717, 1.165) is 53.7 Å². The van der Waals surface area contributed by atoms with Gasteiger partial charge in [-0.1, -0.05) is 30.3 Å². The van der Waals surface area contributed by atoms with E-state index in [2.05, 4.69) is 17.4 Å². The second kappa shape index (κ2) is 10.4. The Morgan fingerprint density at radius 2 is 1.76 bits per heavy atom. The number of ether oxygens (including phenoxy) is 2. The van der Waals surface area contributed by atoms with E-state index in [1.807, 2.05) is 37.3 Å². The Labute approximate surface area is 199 Å². The van der Waals surface area contributed by atoms with Crippen LogP contribution in [0.25, 0.3) is 0 Å². The summed E-state index contributed by atoms with van der Waals surface area (Å²) in [6, 6.07) is 17.3. The summed E-state index contributed by atoms with van der Waals surface area (Å²) in [5, 5.41) is 13.1. The van der Waals surface area contributed by atoms with Gasteiger partial charge in [0.2, 0.25) is 0 Å². The van der Waals surface area contributed by atoms with E-state index in [9.17, 15) is 14.7 Å². The summed E-state index contributed by atoms with van der Waals surface area (Å²) >= 11 is 0. The number of carbonyl (C=O) groups is 2. The highest BCUT2D eigenvalue weighted by Crippen LogP contribution is 2.41. The van der Waals surface area contributed by atoms with Crippen LogP contribution < -0.4 is 10.1 Å². The van der Waals surface area contributed by atoms with Crippen LogP contribution in [0.2, 0.25) is 0 Å². The minimum atomic E-state index is -0.889. The normalized spacial score (nSPS) is 12.2. The SMILES string of the molecule is CCOC(=O)C(=O)Nc1cc(C)c(Oc2ccc(O)c(CCc3ccccc3)c2)c2c1CCC2. The summed E-state index contributed by atoms with van der Waals surface area (Å²) in [6.07, 6.45) is 4.08. The number of hydrogen-bond donors (Lipinski definition) is 2. The Kier molecular flexibility index (Phi) is 7.16. The molecular weight excluding hydrogens is 430 g/mol. The van der Waals surface area contributed by atoms with Crippen LogP contribution in [0, 0.1) is 6.92 Å². The lowest BCUT2D eigenvalue weighted by Crippen LogP contribution is -2.25. The maximum Gasteiger partial charge on any atom is 0.397 e. The Hall–Kier alpha value is -3.80. The lowest BCUT2D eigenvalue weighted by Gasteiger charge is -2.18. The quantitative estimate of drug-likeness (QED) is 0.371. The first kappa shape index (κ1) is 23.4. The molecule has 0 unspecified atom stereocenters. The molecule has 0 saturated carbocycles. The number of rotatable bonds is 7. The van der Waals surface area contributed by atoms with Crippen LogP contribution >= 0.6 is 0 Å². The Balaban J connectivity index is 1.56. The maximum atomic E-state index is 12.2. The zero-order chi connectivity index (χ0) is 24.1. The second-order valence-corrected chi connectivity index (χ2v) is 8.43. The van der Waals surface area contributed by atoms with E-state index >= 15 is 0 Å². The number of hydrogen-bond acceptors (Lipinski definition) is 5. The molecule has 6 nitrogen and oxygen atoms in total. The fourth-order valence-electron chi connectivity index (χ4n) is 4.39. The molecule has 1 aliphatic rings. The van der Waals surface area contributed by atoms with E-state index < -0.39 is 11.9 Å². The number of phenols is 1. The molecule has 0 heterocycles. The molecule has 1 amide bonds. The van der Waals surface area contributed by atoms with E-state index in [1.54, 1.807) is 19.1 Å². The number of benzene rings is 3. The van der Waals surface area contributed by atoms with Crippen LogP contribution in [0.4, 0.5) is 5.69 Å². The van der Waals surface area contributed by atoms with Crippen LogP contribution in [0.15, 0.2) is 54.6 Å². The molecule has 0 spiro atoms. The van der Waals surface area contributed by atoms with Crippen LogP contribution in [-0.2, 0) is 40.0 Å². The predicted molar refractivity (Wildman–Crippen MR) is 130 cm³/mol. The molecule has 3 aromatic carbocycles. The summed E-state index contributed by atoms with van der Waals surface area (Å²) in [6.45, 7) is 3.73. The van der Waals surface area contributed by atoms with Gasteiger partial charge in [-0.25, -0.2) is 4.79 Å². The summed E-state index contributed by atoms with van der Waals surface area (Å²) in [5.41, 5.74) is 5.55. The highest BCUT2D eigenvalue weighted by molar-refractivity contribution is 6.37. The predicted octanol–water partition coefficient (Wildman–Crippen LogP) is 5.27. The first-order valence-electron chi connectivity index (χ1n) is 11.6. The average Bonchev–Trinajstić information content (AvgIpc) is 3.33. The summed E-state index contributed by atoms with van der Waals surface area (Å²) in [5.74, 6) is 0.00919. The van der Waals surface area contributed by atoms with Crippen molar-refractivity contribution in [2.75, 3.05) is 11.9 Å². The van der Waals surface area contributed by atoms with Crippen molar-refractivity contribution in [2.24, 2.45) is 0 Å². The molecule has 0 bridgehead atoms. The van der Waals surface area contributed by atoms with Gasteiger partial charge in [0.25, 0.3) is 0 Å². The van der Waals surface area contributed by atoms with Gasteiger partial charge in [0, 0.05) is 11.3 Å². The van der Waals surface area contributed by atoms with Crippen molar-refractivity contribution >= 4 is 17.6 Å². The van der Waals surface area contributed by atoms with Crippen LogP contribution in [0.1, 0.15) is 41.2 Å². The lowest BCUT2D eigenvalue weighted by molar-refractivity contribution is -0.152. The molecule has 2 N–H and O–H groups in total. The second-order valence-electron chi connectivity index (χ2n) is 8.43. The van der Waals surface area contributed by atoms with Gasteiger partial charge in [-0.15, -0.1) is 0 Å². The van der Waals surface area contributed by atoms with Crippen molar-refractivity contribution in [2.45, 2.75) is 46.0 Å². The van der Waals surface area contributed by atoms with Gasteiger partial charge in [-0.05, 0) is 92.5 Å². The van der Waals surface area contributed by atoms with Gasteiger partial charge in [0.05, 0.1) is 6.61 Å². The number of anilines is 1. The number of carbonyl (C=O) groups excluding carboxylic acids is 2. The van der Waals surface area contributed by atoms with E-state index in [0.29, 0.717) is 17.9 Å². The Morgan fingerprint density at radius 3 is 2.53 bits per heavy atom. The number of phenolic OH excluding ortho intramolecular Hbond substituents is 1. The molecule has 0 aliphatic heterocycles. The zero-order valence-electron chi connectivity index (χ0n) is 19.5. The topological polar surface area (TPSA) is 84.9 Å². The molecular formula is C28H29NO5. The molecule has 0 saturated heterocycles. The molecule has 4 rings (SSSR count). The molecule has 3 aromatic rings. The fourth-order valence-corrected chi connectivity index (χ4v) is 4.39. The molecule has 1 aliphatic carbocycles. The highest BCUT2D eigenvalue weighted by Gasteiger charge is 2.25. The number of amides is 1. The minimum Gasteiger partial charge on any atom is -0.508 e. The molecule has 0 atom stereocenters. The first-order chi connectivity index (χ1) is 16.5. The summed E-state index contributed by atoms with van der Waals surface area (Å²) in [4.78, 5) is 23.9. The monoisotopic (exact) mass is 459 g/mol. The van der Waals surface area contributed by atoms with E-state index in [1.165, 1.54) is 5.56 Å². The van der Waals surface area contributed by atoms with Crippen molar-refractivity contribution in [1.29, 1.82) is 0 Å². The molecule has 0 fully saturated rings. The Bertz CT molecular complexity index is 1200. The number of nitrogens with one attached hydrogen (secondary N) is 1. The van der Waals surface area contributed by atoms with Crippen molar-refractivity contribution in [3.05, 3.63) is 82.4 Å². The van der Waals surface area contributed by atoms with Gasteiger partial charge in [-0.3, -0.25) is 4.79 Å². The molecule has 0 radical (unpaired) electrons. The van der Waals surface area contributed by atoms with Crippen LogP contribution in [0.5, 0.6) is 17.2 Å².